The molecular formula is C21H19NO4. The number of Topliss-reactive ketones (excluding diaryl/α,β-unsaturated/α-hetero) is 1. The number of rotatable bonds is 4. The van der Waals surface area contributed by atoms with Gasteiger partial charge in [0.1, 0.15) is 11.3 Å². The molecular weight excluding hydrogens is 330 g/mol. The second kappa shape index (κ2) is 7.27. The van der Waals surface area contributed by atoms with E-state index in [0.29, 0.717) is 11.4 Å². The number of benzene rings is 2. The summed E-state index contributed by atoms with van der Waals surface area (Å²) in [5.74, 6) is -0.255. The Labute approximate surface area is 152 Å². The van der Waals surface area contributed by atoms with Gasteiger partial charge < -0.3 is 14.4 Å². The molecule has 0 spiro atoms. The van der Waals surface area contributed by atoms with Crippen LogP contribution in [0, 0.1) is 0 Å². The first-order chi connectivity index (χ1) is 12.6. The molecule has 0 aromatic heterocycles. The number of hydrogen-bond acceptors (Lipinski definition) is 5. The lowest BCUT2D eigenvalue weighted by Crippen LogP contribution is -2.18. The van der Waals surface area contributed by atoms with Gasteiger partial charge in [0.25, 0.3) is 0 Å². The first kappa shape index (κ1) is 17.5. The predicted molar refractivity (Wildman–Crippen MR) is 99.6 cm³/mol. The van der Waals surface area contributed by atoms with Gasteiger partial charge in [-0.2, -0.15) is 0 Å². The minimum Gasteiger partial charge on any atom is -0.497 e. The van der Waals surface area contributed by atoms with Gasteiger partial charge in [-0.25, -0.2) is 4.79 Å². The van der Waals surface area contributed by atoms with Gasteiger partial charge in [-0.3, -0.25) is 4.79 Å². The molecule has 1 aliphatic heterocycles. The fourth-order valence-corrected chi connectivity index (χ4v) is 2.93. The first-order valence-corrected chi connectivity index (χ1v) is 8.11. The quantitative estimate of drug-likeness (QED) is 0.480. The smallest absolute Gasteiger partial charge is 0.343 e. The van der Waals surface area contributed by atoms with Crippen LogP contribution in [0.3, 0.4) is 0 Å². The molecule has 132 valence electrons. The predicted octanol–water partition coefficient (Wildman–Crippen LogP) is 3.57. The van der Waals surface area contributed by atoms with E-state index in [0.717, 1.165) is 17.0 Å². The van der Waals surface area contributed by atoms with Crippen molar-refractivity contribution in [3.63, 3.8) is 0 Å². The molecule has 0 atom stereocenters. The first-order valence-electron chi connectivity index (χ1n) is 8.11. The van der Waals surface area contributed by atoms with Gasteiger partial charge in [0.05, 0.1) is 19.9 Å². The molecule has 2 aromatic carbocycles. The second-order valence-electron chi connectivity index (χ2n) is 5.75. The average Bonchev–Trinajstić information content (AvgIpc) is 2.92. The SMILES string of the molecule is COC(=O)C1=C(C)N(c2ccccc2)/C(=C/c2ccc(OC)cc2)C1=O. The zero-order valence-electron chi connectivity index (χ0n) is 14.9. The summed E-state index contributed by atoms with van der Waals surface area (Å²) in [5, 5.41) is 0. The van der Waals surface area contributed by atoms with Gasteiger partial charge in [0.2, 0.25) is 5.78 Å². The summed E-state index contributed by atoms with van der Waals surface area (Å²) in [5.41, 5.74) is 2.63. The van der Waals surface area contributed by atoms with Crippen LogP contribution >= 0.6 is 0 Å². The van der Waals surface area contributed by atoms with E-state index in [1.807, 2.05) is 54.6 Å². The summed E-state index contributed by atoms with van der Waals surface area (Å²) in [4.78, 5) is 26.8. The minimum absolute atomic E-state index is 0.0520. The molecule has 26 heavy (non-hydrogen) atoms. The van der Waals surface area contributed by atoms with Crippen molar-refractivity contribution in [3.05, 3.63) is 77.1 Å². The van der Waals surface area contributed by atoms with Crippen LogP contribution in [0.5, 0.6) is 5.75 Å². The second-order valence-corrected chi connectivity index (χ2v) is 5.75. The van der Waals surface area contributed by atoms with Crippen LogP contribution in [-0.2, 0) is 14.3 Å². The highest BCUT2D eigenvalue weighted by molar-refractivity contribution is 6.30. The van der Waals surface area contributed by atoms with Crippen molar-refractivity contribution in [1.82, 2.24) is 0 Å². The van der Waals surface area contributed by atoms with E-state index >= 15 is 0 Å². The number of carbonyl (C=O) groups is 2. The normalized spacial score (nSPS) is 15.6. The third-order valence-electron chi connectivity index (χ3n) is 4.22. The van der Waals surface area contributed by atoms with Gasteiger partial charge in [-0.1, -0.05) is 30.3 Å². The number of ketones is 1. The van der Waals surface area contributed by atoms with Gasteiger partial charge >= 0.3 is 5.97 Å². The molecule has 0 saturated heterocycles. The summed E-state index contributed by atoms with van der Waals surface area (Å²) in [6.07, 6.45) is 1.76. The largest absolute Gasteiger partial charge is 0.497 e. The molecule has 5 heteroatoms. The fourth-order valence-electron chi connectivity index (χ4n) is 2.93. The molecule has 1 heterocycles. The summed E-state index contributed by atoms with van der Waals surface area (Å²) >= 11 is 0. The number of anilines is 1. The van der Waals surface area contributed by atoms with E-state index in [2.05, 4.69) is 0 Å². The van der Waals surface area contributed by atoms with Crippen LogP contribution in [0.25, 0.3) is 6.08 Å². The molecule has 2 aromatic rings. The van der Waals surface area contributed by atoms with E-state index in [-0.39, 0.29) is 11.4 Å². The van der Waals surface area contributed by atoms with Crippen LogP contribution in [-0.4, -0.2) is 26.0 Å². The fraction of sp³-hybridized carbons (Fsp3) is 0.143. The van der Waals surface area contributed by atoms with E-state index in [1.165, 1.54) is 7.11 Å². The third-order valence-corrected chi connectivity index (χ3v) is 4.22. The topological polar surface area (TPSA) is 55.8 Å². The standard InChI is InChI=1S/C21H19NO4/c1-14-19(21(24)26-3)20(23)18(22(14)16-7-5-4-6-8-16)13-15-9-11-17(25-2)12-10-15/h4-13H,1-3H3/b18-13+. The zero-order valence-corrected chi connectivity index (χ0v) is 14.9. The number of carbonyl (C=O) groups excluding carboxylic acids is 2. The Bertz CT molecular complexity index is 895. The summed E-state index contributed by atoms with van der Waals surface area (Å²) in [6.45, 7) is 1.74. The van der Waals surface area contributed by atoms with E-state index in [4.69, 9.17) is 9.47 Å². The van der Waals surface area contributed by atoms with Crippen LogP contribution in [0.2, 0.25) is 0 Å². The number of esters is 1. The molecule has 5 nitrogen and oxygen atoms in total. The van der Waals surface area contributed by atoms with Crippen molar-refractivity contribution in [2.24, 2.45) is 0 Å². The lowest BCUT2D eigenvalue weighted by molar-refractivity contribution is -0.137. The molecule has 0 aliphatic carbocycles. The van der Waals surface area contributed by atoms with Crippen molar-refractivity contribution in [3.8, 4) is 5.75 Å². The number of methoxy groups -OCH3 is 2. The molecule has 0 amide bonds. The Morgan fingerprint density at radius 3 is 2.23 bits per heavy atom. The van der Waals surface area contributed by atoms with Gasteiger partial charge in [0, 0.05) is 11.4 Å². The maximum absolute atomic E-state index is 12.9. The maximum atomic E-state index is 12.9. The maximum Gasteiger partial charge on any atom is 0.343 e. The Balaban J connectivity index is 2.11. The molecule has 0 unspecified atom stereocenters. The molecule has 1 aliphatic rings. The lowest BCUT2D eigenvalue weighted by Gasteiger charge is -2.21. The van der Waals surface area contributed by atoms with Crippen LogP contribution < -0.4 is 9.64 Å². The summed E-state index contributed by atoms with van der Waals surface area (Å²) in [7, 11) is 2.87. The van der Waals surface area contributed by atoms with Crippen molar-refractivity contribution >= 4 is 23.5 Å². The van der Waals surface area contributed by atoms with Gasteiger partial charge in [-0.15, -0.1) is 0 Å². The van der Waals surface area contributed by atoms with Gasteiger partial charge in [-0.05, 0) is 42.8 Å². The Hall–Kier alpha value is -3.34. The monoisotopic (exact) mass is 349 g/mol. The molecule has 0 bridgehead atoms. The molecule has 0 N–H and O–H groups in total. The number of nitrogens with zero attached hydrogens (tertiary/aromatic N) is 1. The number of allylic oxidation sites excluding steroid dienone is 2. The Kier molecular flexibility index (Phi) is 4.89. The van der Waals surface area contributed by atoms with E-state index in [9.17, 15) is 9.59 Å². The molecule has 0 saturated carbocycles. The Morgan fingerprint density at radius 2 is 1.65 bits per heavy atom. The van der Waals surface area contributed by atoms with Crippen LogP contribution in [0.15, 0.2) is 71.6 Å². The third kappa shape index (κ3) is 3.11. The lowest BCUT2D eigenvalue weighted by atomic mass is 10.1. The summed E-state index contributed by atoms with van der Waals surface area (Å²) < 4.78 is 9.96. The highest BCUT2D eigenvalue weighted by Crippen LogP contribution is 2.35. The number of hydrogen-bond donors (Lipinski definition) is 0. The van der Waals surface area contributed by atoms with E-state index < -0.39 is 5.97 Å². The molecule has 0 radical (unpaired) electrons. The zero-order chi connectivity index (χ0) is 18.7. The van der Waals surface area contributed by atoms with Crippen molar-refractivity contribution in [2.45, 2.75) is 6.92 Å². The Morgan fingerprint density at radius 1 is 1.00 bits per heavy atom. The van der Waals surface area contributed by atoms with Gasteiger partial charge in [0.15, 0.2) is 0 Å². The average molecular weight is 349 g/mol. The highest BCUT2D eigenvalue weighted by Gasteiger charge is 2.38. The van der Waals surface area contributed by atoms with Crippen molar-refractivity contribution in [2.75, 3.05) is 19.1 Å². The van der Waals surface area contributed by atoms with Crippen molar-refractivity contribution in [1.29, 1.82) is 0 Å². The molecule has 3 rings (SSSR count). The van der Waals surface area contributed by atoms with E-state index in [1.54, 1.807) is 25.0 Å². The minimum atomic E-state index is -0.633. The van der Waals surface area contributed by atoms with Crippen LogP contribution in [0.1, 0.15) is 12.5 Å². The molecule has 0 fully saturated rings. The number of ether oxygens (including phenoxy) is 2. The number of para-hydroxylation sites is 1. The van der Waals surface area contributed by atoms with Crippen LogP contribution in [0.4, 0.5) is 5.69 Å². The summed E-state index contributed by atoms with van der Waals surface area (Å²) in [6, 6.07) is 16.8. The highest BCUT2D eigenvalue weighted by atomic mass is 16.5. The van der Waals surface area contributed by atoms with Crippen molar-refractivity contribution < 1.29 is 19.1 Å².